The van der Waals surface area contributed by atoms with Crippen LogP contribution in [0.2, 0.25) is 5.02 Å². The predicted octanol–water partition coefficient (Wildman–Crippen LogP) is 3.17. The first-order valence-electron chi connectivity index (χ1n) is 9.09. The van der Waals surface area contributed by atoms with E-state index >= 15 is 0 Å². The first kappa shape index (κ1) is 23.7. The third-order valence-corrected chi connectivity index (χ3v) is 5.98. The number of primary amides is 1. The van der Waals surface area contributed by atoms with Crippen molar-refractivity contribution in [2.75, 3.05) is 32.2 Å². The summed E-state index contributed by atoms with van der Waals surface area (Å²) in [4.78, 5) is 38.4. The number of carbonyl (C=O) groups excluding carboxylic acids is 3. The molecule has 0 aromatic heterocycles. The number of benzene rings is 2. The second kappa shape index (κ2) is 10.4. The minimum absolute atomic E-state index is 0.0910. The number of carbonyl (C=O) groups is 3. The largest absolute Gasteiger partial charge is 0.388 e. The zero-order valence-electron chi connectivity index (χ0n) is 17.0. The number of hydrogen-bond acceptors (Lipinski definition) is 6. The summed E-state index contributed by atoms with van der Waals surface area (Å²) in [5, 5.41) is 3.59. The summed E-state index contributed by atoms with van der Waals surface area (Å²) < 4.78 is 0. The van der Waals surface area contributed by atoms with Crippen LogP contribution in [0.4, 0.5) is 5.69 Å². The Hall–Kier alpha value is -2.61. The summed E-state index contributed by atoms with van der Waals surface area (Å²) >= 11 is 7.18. The molecule has 0 aliphatic heterocycles. The van der Waals surface area contributed by atoms with E-state index in [1.165, 1.54) is 0 Å². The topological polar surface area (TPSA) is 92.5 Å². The summed E-state index contributed by atoms with van der Waals surface area (Å²) in [6.07, 6.45) is 1.46. The van der Waals surface area contributed by atoms with Gasteiger partial charge in [-0.15, -0.1) is 11.8 Å². The van der Waals surface area contributed by atoms with Crippen molar-refractivity contribution in [3.63, 3.8) is 0 Å². The van der Waals surface area contributed by atoms with E-state index in [1.54, 1.807) is 44.2 Å². The number of aldehydes is 2. The van der Waals surface area contributed by atoms with Gasteiger partial charge in [0.1, 0.15) is 11.8 Å². The van der Waals surface area contributed by atoms with Gasteiger partial charge in [0.05, 0.1) is 10.7 Å². The van der Waals surface area contributed by atoms with Gasteiger partial charge >= 0.3 is 0 Å². The fourth-order valence-corrected chi connectivity index (χ4v) is 4.31. The maximum Gasteiger partial charge on any atom is 0.227 e. The standard InChI is InChI=1S/C22H24ClN3O3S/c1-25-18-11-16(23)9-10-17(18)22(14-28,26(2)3)21(15-7-5-4-6-8-15)19(12-27)30-13-20(24)29/h4-12,14,25H,13H2,1-3H3,(H2,24,29)/b21-19+. The van der Waals surface area contributed by atoms with E-state index in [0.717, 1.165) is 18.0 Å². The van der Waals surface area contributed by atoms with Crippen LogP contribution in [0.15, 0.2) is 53.4 Å². The minimum atomic E-state index is -1.34. The molecule has 1 atom stereocenters. The molecule has 1 unspecified atom stereocenters. The molecule has 0 saturated carbocycles. The van der Waals surface area contributed by atoms with Gasteiger partial charge in [0, 0.05) is 28.9 Å². The lowest BCUT2D eigenvalue weighted by Crippen LogP contribution is -2.45. The van der Waals surface area contributed by atoms with Crippen molar-refractivity contribution in [2.24, 2.45) is 5.73 Å². The molecule has 0 bridgehead atoms. The molecule has 1 amide bonds. The summed E-state index contributed by atoms with van der Waals surface area (Å²) in [7, 11) is 5.24. The zero-order chi connectivity index (χ0) is 22.3. The third kappa shape index (κ3) is 4.75. The molecule has 30 heavy (non-hydrogen) atoms. The number of likely N-dealkylation sites (N-methyl/N-ethyl adjacent to an activating group) is 1. The van der Waals surface area contributed by atoms with Gasteiger partial charge in [-0.05, 0) is 31.8 Å². The smallest absolute Gasteiger partial charge is 0.227 e. The predicted molar refractivity (Wildman–Crippen MR) is 124 cm³/mol. The number of halogens is 1. The quantitative estimate of drug-likeness (QED) is 0.431. The van der Waals surface area contributed by atoms with Gasteiger partial charge in [-0.3, -0.25) is 14.5 Å². The molecule has 2 aromatic rings. The van der Waals surface area contributed by atoms with E-state index in [0.29, 0.717) is 33.7 Å². The van der Waals surface area contributed by atoms with E-state index in [-0.39, 0.29) is 10.7 Å². The number of anilines is 1. The monoisotopic (exact) mass is 445 g/mol. The van der Waals surface area contributed by atoms with Crippen LogP contribution < -0.4 is 11.1 Å². The third-order valence-electron chi connectivity index (χ3n) is 4.70. The van der Waals surface area contributed by atoms with Crippen molar-refractivity contribution in [3.8, 4) is 0 Å². The van der Waals surface area contributed by atoms with Gasteiger partial charge in [-0.25, -0.2) is 0 Å². The van der Waals surface area contributed by atoms with Crippen molar-refractivity contribution in [1.29, 1.82) is 0 Å². The average molecular weight is 446 g/mol. The fraction of sp³-hybridized carbons (Fsp3) is 0.227. The zero-order valence-corrected chi connectivity index (χ0v) is 18.6. The number of amides is 1. The van der Waals surface area contributed by atoms with Crippen LogP contribution >= 0.6 is 23.4 Å². The molecule has 0 fully saturated rings. The van der Waals surface area contributed by atoms with E-state index in [4.69, 9.17) is 17.3 Å². The molecule has 0 spiro atoms. The van der Waals surface area contributed by atoms with Gasteiger partial charge in [0.15, 0.2) is 6.29 Å². The molecule has 0 saturated heterocycles. The van der Waals surface area contributed by atoms with Crippen LogP contribution in [-0.2, 0) is 19.9 Å². The molecule has 2 aromatic carbocycles. The Morgan fingerprint density at radius 2 is 1.87 bits per heavy atom. The highest BCUT2D eigenvalue weighted by Gasteiger charge is 2.43. The van der Waals surface area contributed by atoms with Crippen LogP contribution in [0, 0.1) is 0 Å². The molecular formula is C22H24ClN3O3S. The van der Waals surface area contributed by atoms with Crippen LogP contribution in [0.25, 0.3) is 5.57 Å². The first-order chi connectivity index (χ1) is 14.3. The highest BCUT2D eigenvalue weighted by molar-refractivity contribution is 8.04. The highest BCUT2D eigenvalue weighted by atomic mass is 35.5. The van der Waals surface area contributed by atoms with Crippen molar-refractivity contribution in [3.05, 3.63) is 69.6 Å². The van der Waals surface area contributed by atoms with Crippen molar-refractivity contribution in [1.82, 2.24) is 4.90 Å². The number of allylic oxidation sites excluding steroid dienone is 1. The van der Waals surface area contributed by atoms with Crippen molar-refractivity contribution in [2.45, 2.75) is 5.54 Å². The van der Waals surface area contributed by atoms with E-state index in [1.807, 2.05) is 30.3 Å². The Kier molecular flexibility index (Phi) is 8.23. The number of nitrogens with zero attached hydrogens (tertiary/aromatic N) is 1. The summed E-state index contributed by atoms with van der Waals surface area (Å²) in [5.41, 5.74) is 6.36. The molecule has 0 radical (unpaired) electrons. The molecule has 8 heteroatoms. The maximum absolute atomic E-state index is 12.8. The van der Waals surface area contributed by atoms with Crippen LogP contribution in [0.3, 0.4) is 0 Å². The van der Waals surface area contributed by atoms with Gasteiger partial charge < -0.3 is 15.8 Å². The Balaban J connectivity index is 2.96. The molecule has 0 aliphatic rings. The van der Waals surface area contributed by atoms with Gasteiger partial charge in [0.25, 0.3) is 0 Å². The molecule has 0 heterocycles. The summed E-state index contributed by atoms with van der Waals surface area (Å²) in [6, 6.07) is 14.3. The van der Waals surface area contributed by atoms with Crippen LogP contribution in [-0.4, -0.2) is 50.3 Å². The van der Waals surface area contributed by atoms with E-state index in [9.17, 15) is 14.4 Å². The molecule has 0 aliphatic carbocycles. The number of hydrogen-bond donors (Lipinski definition) is 2. The lowest BCUT2D eigenvalue weighted by atomic mass is 9.78. The van der Waals surface area contributed by atoms with Crippen molar-refractivity contribution >= 4 is 53.1 Å². The highest BCUT2D eigenvalue weighted by Crippen LogP contribution is 2.45. The number of nitrogens with two attached hydrogens (primary N) is 1. The molecular weight excluding hydrogens is 422 g/mol. The summed E-state index contributed by atoms with van der Waals surface area (Å²) in [6.45, 7) is 0. The Morgan fingerprint density at radius 3 is 2.37 bits per heavy atom. The normalized spacial score (nSPS) is 13.9. The molecule has 158 valence electrons. The molecule has 6 nitrogen and oxygen atoms in total. The molecule has 3 N–H and O–H groups in total. The van der Waals surface area contributed by atoms with E-state index < -0.39 is 11.4 Å². The number of nitrogens with one attached hydrogen (secondary N) is 1. The fourth-order valence-electron chi connectivity index (χ4n) is 3.35. The lowest BCUT2D eigenvalue weighted by molar-refractivity contribution is -0.116. The second-order valence-corrected chi connectivity index (χ2v) is 8.15. The van der Waals surface area contributed by atoms with E-state index in [2.05, 4.69) is 5.32 Å². The van der Waals surface area contributed by atoms with Gasteiger partial charge in [0.2, 0.25) is 5.91 Å². The maximum atomic E-state index is 12.8. The Morgan fingerprint density at radius 1 is 1.20 bits per heavy atom. The van der Waals surface area contributed by atoms with Gasteiger partial charge in [-0.2, -0.15) is 0 Å². The lowest BCUT2D eigenvalue weighted by Gasteiger charge is -2.40. The van der Waals surface area contributed by atoms with Gasteiger partial charge in [-0.1, -0.05) is 48.0 Å². The van der Waals surface area contributed by atoms with Crippen molar-refractivity contribution < 1.29 is 14.4 Å². The minimum Gasteiger partial charge on any atom is -0.388 e. The van der Waals surface area contributed by atoms with Crippen LogP contribution in [0.1, 0.15) is 11.1 Å². The summed E-state index contributed by atoms with van der Waals surface area (Å²) in [5.74, 6) is -0.651. The number of thioether (sulfide) groups is 1. The van der Waals surface area contributed by atoms with Crippen LogP contribution in [0.5, 0.6) is 0 Å². The SMILES string of the molecule is CNc1cc(Cl)ccc1C(C=O)(/C(=C(\C=O)SCC(N)=O)c1ccccc1)N(C)C. The molecule has 2 rings (SSSR count). The first-order valence-corrected chi connectivity index (χ1v) is 10.5. The average Bonchev–Trinajstić information content (AvgIpc) is 2.74. The Labute approximate surface area is 185 Å². The Bertz CT molecular complexity index is 963. The number of rotatable bonds is 10. The second-order valence-electron chi connectivity index (χ2n) is 6.70.